The van der Waals surface area contributed by atoms with Crippen LogP contribution in [-0.2, 0) is 0 Å². The molecule has 0 aliphatic carbocycles. The SMILES string of the molecule is C[C@H]1CN([C@@H](C)CO)C(=O)c2cc(C#Cc3ccccn3)cnc2O[C@@H]1CN(C)C(=O)c1ccccn1. The minimum absolute atomic E-state index is 0.157. The van der Waals surface area contributed by atoms with Gasteiger partial charge in [0.2, 0.25) is 5.88 Å². The Labute approximate surface area is 216 Å². The second kappa shape index (κ2) is 11.6. The van der Waals surface area contributed by atoms with Crippen LogP contribution in [0.25, 0.3) is 0 Å². The van der Waals surface area contributed by atoms with Gasteiger partial charge in [-0.2, -0.15) is 0 Å². The number of fused-ring (bicyclic) bond motifs is 1. The number of carbonyl (C=O) groups excluding carboxylic acids is 2. The van der Waals surface area contributed by atoms with Crippen molar-refractivity contribution in [1.29, 1.82) is 0 Å². The molecular formula is C28H29N5O4. The third-order valence-electron chi connectivity index (χ3n) is 6.21. The van der Waals surface area contributed by atoms with Gasteiger partial charge in [-0.3, -0.25) is 14.6 Å². The van der Waals surface area contributed by atoms with Crippen LogP contribution in [0.15, 0.2) is 61.1 Å². The zero-order valence-corrected chi connectivity index (χ0v) is 21.0. The monoisotopic (exact) mass is 499 g/mol. The Morgan fingerprint density at radius 3 is 2.62 bits per heavy atom. The largest absolute Gasteiger partial charge is 0.472 e. The molecule has 37 heavy (non-hydrogen) atoms. The average molecular weight is 500 g/mol. The molecule has 4 rings (SSSR count). The van der Waals surface area contributed by atoms with Crippen LogP contribution in [0.4, 0.5) is 0 Å². The highest BCUT2D eigenvalue weighted by Crippen LogP contribution is 2.27. The van der Waals surface area contributed by atoms with E-state index in [2.05, 4.69) is 26.8 Å². The van der Waals surface area contributed by atoms with Crippen molar-refractivity contribution in [2.75, 3.05) is 26.7 Å². The van der Waals surface area contributed by atoms with Gasteiger partial charge >= 0.3 is 0 Å². The van der Waals surface area contributed by atoms with E-state index >= 15 is 0 Å². The predicted molar refractivity (Wildman–Crippen MR) is 137 cm³/mol. The number of aromatic nitrogens is 3. The molecule has 0 radical (unpaired) electrons. The lowest BCUT2D eigenvalue weighted by molar-refractivity contribution is 0.0312. The summed E-state index contributed by atoms with van der Waals surface area (Å²) in [5.41, 5.74) is 1.72. The summed E-state index contributed by atoms with van der Waals surface area (Å²) in [6, 6.07) is 11.9. The summed E-state index contributed by atoms with van der Waals surface area (Å²) in [5.74, 6) is 5.45. The molecule has 190 valence electrons. The van der Waals surface area contributed by atoms with Crippen LogP contribution < -0.4 is 4.74 Å². The summed E-state index contributed by atoms with van der Waals surface area (Å²) in [7, 11) is 1.69. The quantitative estimate of drug-likeness (QED) is 0.537. The first-order valence-corrected chi connectivity index (χ1v) is 12.1. The van der Waals surface area contributed by atoms with Crippen LogP contribution in [0.3, 0.4) is 0 Å². The molecule has 3 aromatic heterocycles. The Kier molecular flexibility index (Phi) is 8.11. The van der Waals surface area contributed by atoms with E-state index in [9.17, 15) is 14.7 Å². The number of hydrogen-bond donors (Lipinski definition) is 1. The van der Waals surface area contributed by atoms with E-state index in [0.29, 0.717) is 23.5 Å². The number of aliphatic hydroxyl groups excluding tert-OH is 1. The van der Waals surface area contributed by atoms with E-state index in [1.54, 1.807) is 72.7 Å². The molecule has 0 bridgehead atoms. The smallest absolute Gasteiger partial charge is 0.272 e. The van der Waals surface area contributed by atoms with E-state index < -0.39 is 12.1 Å². The lowest BCUT2D eigenvalue weighted by Crippen LogP contribution is -2.50. The number of aliphatic hydroxyl groups is 1. The van der Waals surface area contributed by atoms with Gasteiger partial charge in [-0.15, -0.1) is 0 Å². The van der Waals surface area contributed by atoms with Crippen LogP contribution in [0.1, 0.15) is 46.0 Å². The average Bonchev–Trinajstić information content (AvgIpc) is 2.94. The predicted octanol–water partition coefficient (Wildman–Crippen LogP) is 2.26. The Morgan fingerprint density at radius 1 is 1.19 bits per heavy atom. The van der Waals surface area contributed by atoms with Gasteiger partial charge in [0.1, 0.15) is 23.1 Å². The van der Waals surface area contributed by atoms with Crippen LogP contribution in [0.2, 0.25) is 0 Å². The van der Waals surface area contributed by atoms with Crippen LogP contribution in [0, 0.1) is 17.8 Å². The molecule has 0 aromatic carbocycles. The zero-order chi connectivity index (χ0) is 26.4. The summed E-state index contributed by atoms with van der Waals surface area (Å²) < 4.78 is 6.26. The first-order chi connectivity index (χ1) is 17.9. The highest BCUT2D eigenvalue weighted by atomic mass is 16.5. The fraction of sp³-hybridized carbons (Fsp3) is 0.321. The van der Waals surface area contributed by atoms with Gasteiger partial charge < -0.3 is 19.6 Å². The highest BCUT2D eigenvalue weighted by Gasteiger charge is 2.34. The number of rotatable bonds is 5. The Hall–Kier alpha value is -4.29. The fourth-order valence-electron chi connectivity index (χ4n) is 4.00. The maximum atomic E-state index is 13.5. The maximum absolute atomic E-state index is 13.5. The molecule has 3 aromatic rings. The van der Waals surface area contributed by atoms with Crippen molar-refractivity contribution in [1.82, 2.24) is 24.8 Å². The molecule has 9 nitrogen and oxygen atoms in total. The minimum atomic E-state index is -0.462. The van der Waals surface area contributed by atoms with E-state index in [-0.39, 0.29) is 42.3 Å². The first-order valence-electron chi connectivity index (χ1n) is 12.1. The number of carbonyl (C=O) groups is 2. The number of nitrogens with zero attached hydrogens (tertiary/aromatic N) is 5. The van der Waals surface area contributed by atoms with Crippen LogP contribution >= 0.6 is 0 Å². The van der Waals surface area contributed by atoms with Gasteiger partial charge in [0.05, 0.1) is 19.2 Å². The van der Waals surface area contributed by atoms with Gasteiger partial charge in [-0.1, -0.05) is 25.0 Å². The first kappa shape index (κ1) is 25.8. The molecule has 4 heterocycles. The van der Waals surface area contributed by atoms with E-state index in [4.69, 9.17) is 4.74 Å². The van der Waals surface area contributed by atoms with Crippen LogP contribution in [-0.4, -0.2) is 80.6 Å². The standard InChI is InChI=1S/C28H29N5O4/c1-19-16-33(20(2)18-34)27(35)23-14-21(10-11-22-8-4-6-12-29-22)15-31-26(23)37-25(19)17-32(3)28(36)24-9-5-7-13-30-24/h4-9,12-15,19-20,25,34H,16-18H2,1-3H3/t19-,20-,25+/m0/s1. The minimum Gasteiger partial charge on any atom is -0.472 e. The molecular weight excluding hydrogens is 470 g/mol. The molecule has 0 fully saturated rings. The summed E-state index contributed by atoms with van der Waals surface area (Å²) >= 11 is 0. The normalized spacial score (nSPS) is 17.8. The maximum Gasteiger partial charge on any atom is 0.272 e. The molecule has 1 aliphatic heterocycles. The van der Waals surface area contributed by atoms with Gasteiger partial charge in [-0.25, -0.2) is 9.97 Å². The summed E-state index contributed by atoms with van der Waals surface area (Å²) in [4.78, 5) is 42.4. The molecule has 0 unspecified atom stereocenters. The van der Waals surface area contributed by atoms with E-state index in [1.807, 2.05) is 19.1 Å². The van der Waals surface area contributed by atoms with Crippen molar-refractivity contribution in [2.24, 2.45) is 5.92 Å². The summed E-state index contributed by atoms with van der Waals surface area (Å²) in [5, 5.41) is 9.85. The molecule has 1 aliphatic rings. The van der Waals surface area contributed by atoms with E-state index in [0.717, 1.165) is 0 Å². The second-order valence-electron chi connectivity index (χ2n) is 9.07. The Balaban J connectivity index is 1.65. The van der Waals surface area contributed by atoms with Gasteiger partial charge in [0.25, 0.3) is 11.8 Å². The van der Waals surface area contributed by atoms with Gasteiger partial charge in [0.15, 0.2) is 0 Å². The third-order valence-corrected chi connectivity index (χ3v) is 6.21. The zero-order valence-electron chi connectivity index (χ0n) is 21.0. The fourth-order valence-corrected chi connectivity index (χ4v) is 4.00. The molecule has 9 heteroatoms. The third kappa shape index (κ3) is 6.11. The molecule has 3 atom stereocenters. The second-order valence-corrected chi connectivity index (χ2v) is 9.07. The highest BCUT2D eigenvalue weighted by molar-refractivity contribution is 5.97. The Morgan fingerprint density at radius 2 is 1.95 bits per heavy atom. The molecule has 0 saturated heterocycles. The summed E-state index contributed by atoms with van der Waals surface area (Å²) in [6.45, 7) is 4.14. The van der Waals surface area contributed by atoms with Crippen molar-refractivity contribution < 1.29 is 19.4 Å². The van der Waals surface area contributed by atoms with Crippen molar-refractivity contribution in [3.05, 3.63) is 83.6 Å². The number of ether oxygens (including phenoxy) is 1. The summed E-state index contributed by atoms with van der Waals surface area (Å²) in [6.07, 6.45) is 4.32. The lowest BCUT2D eigenvalue weighted by atomic mass is 9.99. The van der Waals surface area contributed by atoms with E-state index in [1.165, 1.54) is 0 Å². The van der Waals surface area contributed by atoms with Crippen molar-refractivity contribution in [3.8, 4) is 17.7 Å². The number of pyridine rings is 3. The van der Waals surface area contributed by atoms with Gasteiger partial charge in [0, 0.05) is 43.7 Å². The Bertz CT molecular complexity index is 1310. The molecule has 2 amide bonds. The van der Waals surface area contributed by atoms with Gasteiger partial charge in [-0.05, 0) is 43.2 Å². The lowest BCUT2D eigenvalue weighted by Gasteiger charge is -2.37. The number of amides is 2. The molecule has 0 spiro atoms. The topological polar surface area (TPSA) is 109 Å². The van der Waals surface area contributed by atoms with Crippen LogP contribution in [0.5, 0.6) is 5.88 Å². The number of likely N-dealkylation sites (N-methyl/N-ethyl adjacent to an activating group) is 1. The molecule has 0 saturated carbocycles. The number of hydrogen-bond acceptors (Lipinski definition) is 7. The van der Waals surface area contributed by atoms with Crippen molar-refractivity contribution >= 4 is 11.8 Å². The van der Waals surface area contributed by atoms with Crippen molar-refractivity contribution in [3.63, 3.8) is 0 Å². The van der Waals surface area contributed by atoms with Crippen molar-refractivity contribution in [2.45, 2.75) is 26.0 Å². The molecule has 1 N–H and O–H groups in total.